The number of furan rings is 1. The number of rotatable bonds is 2. The molecule has 2 aromatic heterocycles. The van der Waals surface area contributed by atoms with Gasteiger partial charge in [-0.15, -0.1) is 0 Å². The van der Waals surface area contributed by atoms with E-state index in [0.717, 1.165) is 43.3 Å². The summed E-state index contributed by atoms with van der Waals surface area (Å²) in [7, 11) is 2.08. The molecule has 1 fully saturated rings. The van der Waals surface area contributed by atoms with Gasteiger partial charge in [0.05, 0.1) is 17.5 Å². The van der Waals surface area contributed by atoms with Crippen LogP contribution in [0.15, 0.2) is 34.9 Å². The van der Waals surface area contributed by atoms with Gasteiger partial charge in [0.25, 0.3) is 5.91 Å². The number of piperazine rings is 1. The molecule has 110 valence electrons. The van der Waals surface area contributed by atoms with Crippen LogP contribution < -0.4 is 0 Å². The van der Waals surface area contributed by atoms with Crippen molar-refractivity contribution in [1.82, 2.24) is 14.8 Å². The normalized spacial score (nSPS) is 16.2. The molecule has 0 atom stereocenters. The average Bonchev–Trinajstić information content (AvgIpc) is 3.01. The van der Waals surface area contributed by atoms with E-state index in [1.165, 1.54) is 0 Å². The number of aromatic nitrogens is 1. The van der Waals surface area contributed by atoms with Crippen LogP contribution in [0, 0.1) is 6.92 Å². The van der Waals surface area contributed by atoms with E-state index in [0.29, 0.717) is 5.56 Å². The molecule has 0 aromatic carbocycles. The fourth-order valence-electron chi connectivity index (χ4n) is 2.53. The molecule has 0 radical (unpaired) electrons. The van der Waals surface area contributed by atoms with Gasteiger partial charge in [-0.05, 0) is 38.2 Å². The molecule has 1 amide bonds. The van der Waals surface area contributed by atoms with Gasteiger partial charge in [0, 0.05) is 26.2 Å². The Bertz CT molecular complexity index is 629. The van der Waals surface area contributed by atoms with E-state index >= 15 is 0 Å². The number of carbonyl (C=O) groups is 1. The smallest absolute Gasteiger partial charge is 0.255 e. The van der Waals surface area contributed by atoms with Gasteiger partial charge in [-0.2, -0.15) is 0 Å². The molecule has 5 nitrogen and oxygen atoms in total. The summed E-state index contributed by atoms with van der Waals surface area (Å²) in [4.78, 5) is 21.2. The lowest BCUT2D eigenvalue weighted by Crippen LogP contribution is -2.47. The van der Waals surface area contributed by atoms with Crippen LogP contribution in [0.25, 0.3) is 11.5 Å². The van der Waals surface area contributed by atoms with E-state index in [1.807, 2.05) is 36.1 Å². The molecule has 3 heterocycles. The van der Waals surface area contributed by atoms with Gasteiger partial charge in [-0.25, -0.2) is 4.98 Å². The molecule has 21 heavy (non-hydrogen) atoms. The first-order valence-electron chi connectivity index (χ1n) is 7.14. The van der Waals surface area contributed by atoms with Crippen LogP contribution in [0.1, 0.15) is 16.1 Å². The van der Waals surface area contributed by atoms with Gasteiger partial charge in [-0.3, -0.25) is 4.79 Å². The van der Waals surface area contributed by atoms with Crippen LogP contribution in [0.3, 0.4) is 0 Å². The first-order chi connectivity index (χ1) is 10.1. The molecule has 1 aliphatic heterocycles. The maximum absolute atomic E-state index is 12.6. The number of hydrogen-bond acceptors (Lipinski definition) is 4. The Morgan fingerprint density at radius 3 is 2.57 bits per heavy atom. The summed E-state index contributed by atoms with van der Waals surface area (Å²) in [6.07, 6.45) is 1.62. The van der Waals surface area contributed by atoms with Crippen molar-refractivity contribution in [2.24, 2.45) is 0 Å². The largest absolute Gasteiger partial charge is 0.463 e. The van der Waals surface area contributed by atoms with Crippen molar-refractivity contribution in [2.45, 2.75) is 6.92 Å². The number of hydrogen-bond donors (Lipinski definition) is 0. The quantitative estimate of drug-likeness (QED) is 0.847. The number of likely N-dealkylation sites (N-methyl/N-ethyl adjacent to an activating group) is 1. The van der Waals surface area contributed by atoms with Crippen LogP contribution in [0.5, 0.6) is 0 Å². The maximum atomic E-state index is 12.6. The summed E-state index contributed by atoms with van der Waals surface area (Å²) in [5, 5.41) is 0. The number of nitrogens with zero attached hydrogens (tertiary/aromatic N) is 3. The van der Waals surface area contributed by atoms with Gasteiger partial charge < -0.3 is 14.2 Å². The Kier molecular flexibility index (Phi) is 3.75. The zero-order valence-corrected chi connectivity index (χ0v) is 12.4. The second-order valence-corrected chi connectivity index (χ2v) is 5.40. The minimum Gasteiger partial charge on any atom is -0.463 e. The standard InChI is InChI=1S/C16H19N3O2/c1-12-13(16(20)19-9-7-18(2)8-10-19)5-6-14(17-12)15-4-3-11-21-15/h3-6,11H,7-10H2,1-2H3. The summed E-state index contributed by atoms with van der Waals surface area (Å²) in [5.41, 5.74) is 2.18. The Balaban J connectivity index is 1.81. The number of aryl methyl sites for hydroxylation is 1. The molecule has 0 saturated carbocycles. The third kappa shape index (κ3) is 2.83. The third-order valence-electron chi connectivity index (χ3n) is 3.88. The minimum absolute atomic E-state index is 0.0686. The van der Waals surface area contributed by atoms with E-state index in [2.05, 4.69) is 16.9 Å². The van der Waals surface area contributed by atoms with Gasteiger partial charge in [-0.1, -0.05) is 0 Å². The van der Waals surface area contributed by atoms with Crippen LogP contribution in [0.4, 0.5) is 0 Å². The van der Waals surface area contributed by atoms with Gasteiger partial charge in [0.1, 0.15) is 5.69 Å². The molecule has 1 aliphatic rings. The Labute approximate surface area is 124 Å². The highest BCUT2D eigenvalue weighted by atomic mass is 16.3. The minimum atomic E-state index is 0.0686. The molecule has 0 bridgehead atoms. The van der Waals surface area contributed by atoms with Crippen molar-refractivity contribution in [3.8, 4) is 11.5 Å². The highest BCUT2D eigenvalue weighted by Gasteiger charge is 2.22. The monoisotopic (exact) mass is 285 g/mol. The topological polar surface area (TPSA) is 49.6 Å². The molecule has 5 heteroatoms. The van der Waals surface area contributed by atoms with Gasteiger partial charge in [0.15, 0.2) is 5.76 Å². The summed E-state index contributed by atoms with van der Waals surface area (Å²) in [5.74, 6) is 0.788. The first-order valence-corrected chi connectivity index (χ1v) is 7.14. The van der Waals surface area contributed by atoms with Crippen LogP contribution in [-0.2, 0) is 0 Å². The lowest BCUT2D eigenvalue weighted by atomic mass is 10.1. The zero-order valence-electron chi connectivity index (χ0n) is 12.4. The second kappa shape index (κ2) is 5.69. The van der Waals surface area contributed by atoms with Crippen molar-refractivity contribution in [2.75, 3.05) is 33.2 Å². The highest BCUT2D eigenvalue weighted by Crippen LogP contribution is 2.20. The van der Waals surface area contributed by atoms with Gasteiger partial charge in [0.2, 0.25) is 0 Å². The first kappa shape index (κ1) is 13.8. The van der Waals surface area contributed by atoms with E-state index in [1.54, 1.807) is 6.26 Å². The van der Waals surface area contributed by atoms with E-state index < -0.39 is 0 Å². The highest BCUT2D eigenvalue weighted by molar-refractivity contribution is 5.95. The van der Waals surface area contributed by atoms with Crippen molar-refractivity contribution >= 4 is 5.91 Å². The van der Waals surface area contributed by atoms with Crippen molar-refractivity contribution in [3.05, 3.63) is 41.8 Å². The predicted octanol–water partition coefficient (Wildman–Crippen LogP) is 2.04. The summed E-state index contributed by atoms with van der Waals surface area (Å²) < 4.78 is 5.34. The molecular formula is C16H19N3O2. The number of pyridine rings is 1. The maximum Gasteiger partial charge on any atom is 0.255 e. The van der Waals surface area contributed by atoms with Crippen molar-refractivity contribution in [3.63, 3.8) is 0 Å². The predicted molar refractivity (Wildman–Crippen MR) is 80.1 cm³/mol. The zero-order chi connectivity index (χ0) is 14.8. The van der Waals surface area contributed by atoms with Crippen molar-refractivity contribution < 1.29 is 9.21 Å². The van der Waals surface area contributed by atoms with Gasteiger partial charge >= 0.3 is 0 Å². The molecule has 0 spiro atoms. The van der Waals surface area contributed by atoms with Crippen LogP contribution in [0.2, 0.25) is 0 Å². The molecule has 2 aromatic rings. The van der Waals surface area contributed by atoms with Crippen LogP contribution >= 0.6 is 0 Å². The third-order valence-corrected chi connectivity index (χ3v) is 3.88. The SMILES string of the molecule is Cc1nc(-c2ccco2)ccc1C(=O)N1CCN(C)CC1. The summed E-state index contributed by atoms with van der Waals surface area (Å²) in [6, 6.07) is 7.38. The molecule has 1 saturated heterocycles. The molecule has 0 N–H and O–H groups in total. The fourth-order valence-corrected chi connectivity index (χ4v) is 2.53. The van der Waals surface area contributed by atoms with Crippen molar-refractivity contribution in [1.29, 1.82) is 0 Å². The van der Waals surface area contributed by atoms with Crippen LogP contribution in [-0.4, -0.2) is 53.9 Å². The number of carbonyl (C=O) groups excluding carboxylic acids is 1. The second-order valence-electron chi connectivity index (χ2n) is 5.40. The average molecular weight is 285 g/mol. The Morgan fingerprint density at radius 1 is 1.19 bits per heavy atom. The molecular weight excluding hydrogens is 266 g/mol. The van der Waals surface area contributed by atoms with E-state index in [9.17, 15) is 4.79 Å². The Morgan fingerprint density at radius 2 is 1.95 bits per heavy atom. The lowest BCUT2D eigenvalue weighted by molar-refractivity contribution is 0.0663. The van der Waals surface area contributed by atoms with E-state index in [4.69, 9.17) is 4.42 Å². The molecule has 3 rings (SSSR count). The fraction of sp³-hybridized carbons (Fsp3) is 0.375. The summed E-state index contributed by atoms with van der Waals surface area (Å²) >= 11 is 0. The summed E-state index contributed by atoms with van der Waals surface area (Å²) in [6.45, 7) is 5.25. The van der Waals surface area contributed by atoms with E-state index in [-0.39, 0.29) is 5.91 Å². The number of amides is 1. The molecule has 0 unspecified atom stereocenters. The Hall–Kier alpha value is -2.14. The molecule has 0 aliphatic carbocycles. The lowest BCUT2D eigenvalue weighted by Gasteiger charge is -2.32.